The lowest BCUT2D eigenvalue weighted by Gasteiger charge is -2.33. The molecule has 2 heterocycles. The second kappa shape index (κ2) is 2.51. The number of nitrogens with zero attached hydrogens (tertiary/aromatic N) is 1. The van der Waals surface area contributed by atoms with Gasteiger partial charge in [0.25, 0.3) is 0 Å². The Morgan fingerprint density at radius 3 is 3.10 bits per heavy atom. The van der Waals surface area contributed by atoms with Crippen molar-refractivity contribution in [1.29, 1.82) is 0 Å². The van der Waals surface area contributed by atoms with Crippen LogP contribution in [0.4, 0.5) is 0 Å². The van der Waals surface area contributed by atoms with Crippen molar-refractivity contribution in [2.75, 3.05) is 20.2 Å². The predicted octanol–water partition coefficient (Wildman–Crippen LogP) is 0.869. The third-order valence-electron chi connectivity index (χ3n) is 2.74. The molecule has 2 nitrogen and oxygen atoms in total. The van der Waals surface area contributed by atoms with Crippen LogP contribution in [0.3, 0.4) is 0 Å². The molecule has 0 aliphatic carbocycles. The van der Waals surface area contributed by atoms with Crippen LogP contribution < -0.4 is 0 Å². The van der Waals surface area contributed by atoms with E-state index in [0.29, 0.717) is 6.10 Å². The van der Waals surface area contributed by atoms with Crippen molar-refractivity contribution in [3.05, 3.63) is 0 Å². The van der Waals surface area contributed by atoms with Crippen molar-refractivity contribution >= 4 is 0 Å². The minimum Gasteiger partial charge on any atom is -0.377 e. The Hall–Kier alpha value is -0.0800. The van der Waals surface area contributed by atoms with Gasteiger partial charge in [-0.25, -0.2) is 0 Å². The average Bonchev–Trinajstić information content (AvgIpc) is 2.36. The van der Waals surface area contributed by atoms with Crippen molar-refractivity contribution < 1.29 is 4.74 Å². The van der Waals surface area contributed by atoms with Crippen LogP contribution in [0.2, 0.25) is 0 Å². The molecule has 0 radical (unpaired) electrons. The fourth-order valence-corrected chi connectivity index (χ4v) is 2.12. The Morgan fingerprint density at radius 2 is 2.30 bits per heavy atom. The summed E-state index contributed by atoms with van der Waals surface area (Å²) < 4.78 is 5.59. The molecule has 0 N–H and O–H groups in total. The van der Waals surface area contributed by atoms with Gasteiger partial charge in [-0.3, -0.25) is 0 Å². The van der Waals surface area contributed by atoms with Crippen molar-refractivity contribution in [1.82, 2.24) is 4.90 Å². The highest BCUT2D eigenvalue weighted by Crippen LogP contribution is 2.26. The van der Waals surface area contributed by atoms with Crippen molar-refractivity contribution in [3.8, 4) is 0 Å². The Labute approximate surface area is 62.2 Å². The number of rotatable bonds is 0. The third kappa shape index (κ3) is 0.956. The molecule has 2 aliphatic rings. The summed E-state index contributed by atoms with van der Waals surface area (Å²) in [6.45, 7) is 2.25. The van der Waals surface area contributed by atoms with Gasteiger partial charge in [-0.1, -0.05) is 0 Å². The van der Waals surface area contributed by atoms with Crippen LogP contribution in [0.1, 0.15) is 19.3 Å². The lowest BCUT2D eigenvalue weighted by Crippen LogP contribution is -2.42. The van der Waals surface area contributed by atoms with Gasteiger partial charge in [0.2, 0.25) is 0 Å². The second-order valence-corrected chi connectivity index (χ2v) is 3.39. The second-order valence-electron chi connectivity index (χ2n) is 3.39. The molecule has 2 rings (SSSR count). The van der Waals surface area contributed by atoms with Gasteiger partial charge in [-0.05, 0) is 32.9 Å². The maximum Gasteiger partial charge on any atom is 0.0731 e. The Bertz CT molecular complexity index is 126. The van der Waals surface area contributed by atoms with Crippen molar-refractivity contribution in [2.24, 2.45) is 0 Å². The van der Waals surface area contributed by atoms with Crippen LogP contribution in [0.5, 0.6) is 0 Å². The van der Waals surface area contributed by atoms with Gasteiger partial charge in [-0.15, -0.1) is 0 Å². The Balaban J connectivity index is 2.03. The highest BCUT2D eigenvalue weighted by atomic mass is 16.5. The first kappa shape index (κ1) is 6.62. The van der Waals surface area contributed by atoms with Gasteiger partial charge in [-0.2, -0.15) is 0 Å². The number of ether oxygens (including phenoxy) is 1. The fraction of sp³-hybridized carbons (Fsp3) is 1.00. The maximum absolute atomic E-state index is 5.59. The van der Waals surface area contributed by atoms with E-state index in [4.69, 9.17) is 4.74 Å². The molecule has 2 atom stereocenters. The lowest BCUT2D eigenvalue weighted by atomic mass is 10.00. The molecule has 0 bridgehead atoms. The maximum atomic E-state index is 5.59. The van der Waals surface area contributed by atoms with Gasteiger partial charge < -0.3 is 9.64 Å². The molecule has 0 aromatic carbocycles. The first-order chi connectivity index (χ1) is 4.88. The molecule has 10 heavy (non-hydrogen) atoms. The average molecular weight is 141 g/mol. The summed E-state index contributed by atoms with van der Waals surface area (Å²) >= 11 is 0. The molecule has 2 saturated heterocycles. The number of hydrogen-bond acceptors (Lipinski definition) is 2. The zero-order chi connectivity index (χ0) is 6.97. The molecule has 58 valence electrons. The van der Waals surface area contributed by atoms with E-state index in [1.54, 1.807) is 0 Å². The van der Waals surface area contributed by atoms with E-state index in [1.165, 1.54) is 25.8 Å². The zero-order valence-electron chi connectivity index (χ0n) is 6.55. The molecule has 0 amide bonds. The summed E-state index contributed by atoms with van der Waals surface area (Å²) in [5.74, 6) is 0. The summed E-state index contributed by atoms with van der Waals surface area (Å²) in [7, 11) is 2.21. The Kier molecular flexibility index (Phi) is 1.66. The fourth-order valence-electron chi connectivity index (χ4n) is 2.12. The molecule has 0 spiro atoms. The van der Waals surface area contributed by atoms with Gasteiger partial charge >= 0.3 is 0 Å². The summed E-state index contributed by atoms with van der Waals surface area (Å²) in [6, 6.07) is 0.744. The van der Waals surface area contributed by atoms with E-state index in [-0.39, 0.29) is 0 Å². The molecule has 2 fully saturated rings. The highest BCUT2D eigenvalue weighted by molar-refractivity contribution is 4.87. The molecule has 0 aromatic rings. The minimum atomic E-state index is 0.568. The summed E-state index contributed by atoms with van der Waals surface area (Å²) in [6.07, 6.45) is 4.42. The first-order valence-electron chi connectivity index (χ1n) is 4.20. The summed E-state index contributed by atoms with van der Waals surface area (Å²) in [4.78, 5) is 2.45. The van der Waals surface area contributed by atoms with E-state index in [1.807, 2.05) is 0 Å². The minimum absolute atomic E-state index is 0.568. The Morgan fingerprint density at radius 1 is 1.40 bits per heavy atom. The SMILES string of the molecule is CN1CCC[C@H]2OCC[C@H]21. The van der Waals surface area contributed by atoms with Gasteiger partial charge in [0.05, 0.1) is 6.10 Å². The molecule has 0 unspecified atom stereocenters. The summed E-state index contributed by atoms with van der Waals surface area (Å²) in [5.41, 5.74) is 0. The number of fused-ring (bicyclic) bond motifs is 1. The standard InChI is InChI=1S/C8H15NO/c1-9-5-2-3-8-7(9)4-6-10-8/h7-8H,2-6H2,1H3/t7-,8-/m1/s1. The number of piperidine rings is 1. The topological polar surface area (TPSA) is 12.5 Å². The third-order valence-corrected chi connectivity index (χ3v) is 2.74. The van der Waals surface area contributed by atoms with E-state index < -0.39 is 0 Å². The van der Waals surface area contributed by atoms with Crippen LogP contribution in [0, 0.1) is 0 Å². The monoisotopic (exact) mass is 141 g/mol. The molecular weight excluding hydrogens is 126 g/mol. The van der Waals surface area contributed by atoms with E-state index >= 15 is 0 Å². The van der Waals surface area contributed by atoms with Crippen molar-refractivity contribution in [3.63, 3.8) is 0 Å². The molecule has 0 saturated carbocycles. The van der Waals surface area contributed by atoms with Crippen LogP contribution in [0.25, 0.3) is 0 Å². The predicted molar refractivity (Wildman–Crippen MR) is 40.0 cm³/mol. The van der Waals surface area contributed by atoms with Crippen LogP contribution in [-0.2, 0) is 4.74 Å². The zero-order valence-corrected chi connectivity index (χ0v) is 6.55. The lowest BCUT2D eigenvalue weighted by molar-refractivity contribution is 0.0374. The van der Waals surface area contributed by atoms with Gasteiger partial charge in [0.1, 0.15) is 0 Å². The highest BCUT2D eigenvalue weighted by Gasteiger charge is 2.33. The normalized spacial score (nSPS) is 41.7. The van der Waals surface area contributed by atoms with E-state index in [9.17, 15) is 0 Å². The number of likely N-dealkylation sites (tertiary alicyclic amines) is 1. The quantitative estimate of drug-likeness (QED) is 0.496. The van der Waals surface area contributed by atoms with Crippen LogP contribution in [0.15, 0.2) is 0 Å². The number of hydrogen-bond donors (Lipinski definition) is 0. The van der Waals surface area contributed by atoms with Crippen LogP contribution >= 0.6 is 0 Å². The smallest absolute Gasteiger partial charge is 0.0731 e. The van der Waals surface area contributed by atoms with E-state index in [0.717, 1.165) is 12.6 Å². The molecule has 2 aliphatic heterocycles. The van der Waals surface area contributed by atoms with Gasteiger partial charge in [0, 0.05) is 12.6 Å². The molecular formula is C8H15NO. The van der Waals surface area contributed by atoms with Crippen molar-refractivity contribution in [2.45, 2.75) is 31.4 Å². The first-order valence-corrected chi connectivity index (χ1v) is 4.20. The van der Waals surface area contributed by atoms with Gasteiger partial charge in [0.15, 0.2) is 0 Å². The molecule has 2 heteroatoms. The largest absolute Gasteiger partial charge is 0.377 e. The molecule has 0 aromatic heterocycles. The number of likely N-dealkylation sites (N-methyl/N-ethyl adjacent to an activating group) is 1. The van der Waals surface area contributed by atoms with Crippen LogP contribution in [-0.4, -0.2) is 37.2 Å². The summed E-state index contributed by atoms with van der Waals surface area (Å²) in [5, 5.41) is 0. The van der Waals surface area contributed by atoms with E-state index in [2.05, 4.69) is 11.9 Å².